The van der Waals surface area contributed by atoms with Crippen LogP contribution in [0.5, 0.6) is 0 Å². The second-order valence-electron chi connectivity index (χ2n) is 2.89. The predicted octanol–water partition coefficient (Wildman–Crippen LogP) is 1.83. The maximum absolute atomic E-state index is 10.4. The molecule has 5 nitrogen and oxygen atoms in total. The SMILES string of the molecule is Cc1cc(C=O)ccc1C(=N)OC(=O)O. The van der Waals surface area contributed by atoms with Gasteiger partial charge in [0, 0.05) is 11.1 Å². The zero-order valence-electron chi connectivity index (χ0n) is 7.98. The summed E-state index contributed by atoms with van der Waals surface area (Å²) in [5, 5.41) is 15.7. The van der Waals surface area contributed by atoms with E-state index < -0.39 is 12.1 Å². The molecule has 0 atom stereocenters. The van der Waals surface area contributed by atoms with Crippen LogP contribution in [0.4, 0.5) is 4.79 Å². The zero-order chi connectivity index (χ0) is 11.4. The van der Waals surface area contributed by atoms with Crippen molar-refractivity contribution >= 4 is 18.3 Å². The van der Waals surface area contributed by atoms with E-state index in [2.05, 4.69) is 4.74 Å². The number of aldehydes is 1. The molecule has 0 saturated carbocycles. The Balaban J connectivity index is 3.00. The number of rotatable bonds is 2. The van der Waals surface area contributed by atoms with E-state index in [0.717, 1.165) is 0 Å². The Morgan fingerprint density at radius 1 is 1.53 bits per heavy atom. The standard InChI is InChI=1S/C10H9NO4/c1-6-4-7(5-12)2-3-8(6)9(11)15-10(13)14/h2-5,11H,1H3,(H,13,14). The summed E-state index contributed by atoms with van der Waals surface area (Å²) in [6.07, 6.45) is -0.850. The highest BCUT2D eigenvalue weighted by Crippen LogP contribution is 2.11. The fourth-order valence-electron chi connectivity index (χ4n) is 1.16. The molecule has 15 heavy (non-hydrogen) atoms. The smallest absolute Gasteiger partial charge is 0.449 e. The number of carbonyl (C=O) groups is 2. The largest absolute Gasteiger partial charge is 0.512 e. The molecule has 0 bridgehead atoms. The van der Waals surface area contributed by atoms with Gasteiger partial charge in [-0.25, -0.2) is 4.79 Å². The number of carbonyl (C=O) groups excluding carboxylic acids is 1. The normalized spacial score (nSPS) is 9.40. The molecule has 0 aliphatic heterocycles. The van der Waals surface area contributed by atoms with Crippen molar-refractivity contribution in [1.29, 1.82) is 5.41 Å². The van der Waals surface area contributed by atoms with E-state index in [1.807, 2.05) is 0 Å². The maximum Gasteiger partial charge on any atom is 0.512 e. The molecule has 2 N–H and O–H groups in total. The van der Waals surface area contributed by atoms with Gasteiger partial charge in [0.15, 0.2) is 0 Å². The topological polar surface area (TPSA) is 87.5 Å². The molecule has 1 rings (SSSR count). The highest BCUT2D eigenvalue weighted by atomic mass is 16.7. The lowest BCUT2D eigenvalue weighted by Crippen LogP contribution is -2.11. The van der Waals surface area contributed by atoms with Crippen molar-refractivity contribution < 1.29 is 19.4 Å². The molecule has 0 unspecified atom stereocenters. The lowest BCUT2D eigenvalue weighted by Gasteiger charge is -2.05. The molecule has 5 heteroatoms. The second-order valence-corrected chi connectivity index (χ2v) is 2.89. The van der Waals surface area contributed by atoms with E-state index in [9.17, 15) is 9.59 Å². The van der Waals surface area contributed by atoms with Gasteiger partial charge in [-0.1, -0.05) is 6.07 Å². The third-order valence-corrected chi connectivity index (χ3v) is 1.82. The molecule has 0 amide bonds. The Labute approximate surface area is 85.8 Å². The Kier molecular flexibility index (Phi) is 3.17. The minimum absolute atomic E-state index is 0.350. The first-order chi connectivity index (χ1) is 7.04. The van der Waals surface area contributed by atoms with Crippen molar-refractivity contribution in [3.05, 3.63) is 34.9 Å². The molecule has 1 aromatic rings. The number of ether oxygens (including phenoxy) is 1. The van der Waals surface area contributed by atoms with Crippen LogP contribution in [0.25, 0.3) is 0 Å². The molecule has 0 aliphatic carbocycles. The Morgan fingerprint density at radius 2 is 2.20 bits per heavy atom. The molecule has 78 valence electrons. The van der Waals surface area contributed by atoms with Crippen LogP contribution in [0, 0.1) is 12.3 Å². The lowest BCUT2D eigenvalue weighted by atomic mass is 10.1. The molecule has 0 aliphatic rings. The third kappa shape index (κ3) is 2.63. The van der Waals surface area contributed by atoms with Gasteiger partial charge in [-0.15, -0.1) is 0 Å². The average molecular weight is 207 g/mol. The van der Waals surface area contributed by atoms with Gasteiger partial charge in [-0.2, -0.15) is 0 Å². The van der Waals surface area contributed by atoms with Crippen LogP contribution < -0.4 is 0 Å². The monoisotopic (exact) mass is 207 g/mol. The van der Waals surface area contributed by atoms with Crippen molar-refractivity contribution in [2.75, 3.05) is 0 Å². The minimum Gasteiger partial charge on any atom is -0.449 e. The summed E-state index contributed by atoms with van der Waals surface area (Å²) in [5.74, 6) is -0.447. The number of hydrogen-bond acceptors (Lipinski definition) is 4. The van der Waals surface area contributed by atoms with Gasteiger partial charge in [0.05, 0.1) is 0 Å². The van der Waals surface area contributed by atoms with Crippen LogP contribution in [-0.4, -0.2) is 23.4 Å². The fourth-order valence-corrected chi connectivity index (χ4v) is 1.16. The van der Waals surface area contributed by atoms with Crippen molar-refractivity contribution in [2.24, 2.45) is 0 Å². The summed E-state index contributed by atoms with van der Waals surface area (Å²) in [5.41, 5.74) is 1.44. The van der Waals surface area contributed by atoms with Gasteiger partial charge < -0.3 is 9.84 Å². The summed E-state index contributed by atoms with van der Waals surface area (Å²) >= 11 is 0. The molecule has 0 spiro atoms. The van der Waals surface area contributed by atoms with Gasteiger partial charge in [0.25, 0.3) is 0 Å². The van der Waals surface area contributed by atoms with E-state index >= 15 is 0 Å². The van der Waals surface area contributed by atoms with Crippen LogP contribution in [0.2, 0.25) is 0 Å². The highest BCUT2D eigenvalue weighted by Gasteiger charge is 2.10. The minimum atomic E-state index is -1.53. The van der Waals surface area contributed by atoms with Crippen molar-refractivity contribution in [1.82, 2.24) is 0 Å². The molecule has 0 radical (unpaired) electrons. The molecule has 0 heterocycles. The highest BCUT2D eigenvalue weighted by molar-refractivity contribution is 5.98. The zero-order valence-corrected chi connectivity index (χ0v) is 7.98. The summed E-state index contributed by atoms with van der Waals surface area (Å²) in [6, 6.07) is 4.53. The van der Waals surface area contributed by atoms with Crippen LogP contribution in [0.1, 0.15) is 21.5 Å². The first-order valence-electron chi connectivity index (χ1n) is 4.10. The Bertz CT molecular complexity index is 425. The van der Waals surface area contributed by atoms with Gasteiger partial charge >= 0.3 is 6.16 Å². The summed E-state index contributed by atoms with van der Waals surface area (Å²) in [7, 11) is 0. The molecule has 1 aromatic carbocycles. The maximum atomic E-state index is 10.4. The van der Waals surface area contributed by atoms with Gasteiger partial charge in [-0.3, -0.25) is 10.2 Å². The van der Waals surface area contributed by atoms with Crippen LogP contribution in [-0.2, 0) is 4.74 Å². The van der Waals surface area contributed by atoms with Gasteiger partial charge in [0.2, 0.25) is 5.90 Å². The molecule has 0 fully saturated rings. The van der Waals surface area contributed by atoms with Gasteiger partial charge in [-0.05, 0) is 24.6 Å². The van der Waals surface area contributed by atoms with E-state index in [1.165, 1.54) is 12.1 Å². The van der Waals surface area contributed by atoms with E-state index in [1.54, 1.807) is 13.0 Å². The number of hydrogen-bond donors (Lipinski definition) is 2. The summed E-state index contributed by atoms with van der Waals surface area (Å²) in [4.78, 5) is 20.6. The third-order valence-electron chi connectivity index (χ3n) is 1.82. The van der Waals surface area contributed by atoms with Crippen molar-refractivity contribution in [3.63, 3.8) is 0 Å². The fraction of sp³-hybridized carbons (Fsp3) is 0.100. The van der Waals surface area contributed by atoms with Crippen LogP contribution in [0.3, 0.4) is 0 Å². The number of benzene rings is 1. The van der Waals surface area contributed by atoms with Gasteiger partial charge in [0.1, 0.15) is 6.29 Å². The average Bonchev–Trinajstić information content (AvgIpc) is 2.16. The van der Waals surface area contributed by atoms with Crippen LogP contribution >= 0.6 is 0 Å². The quantitative estimate of drug-likeness (QED) is 0.335. The predicted molar refractivity (Wildman–Crippen MR) is 52.5 cm³/mol. The number of nitrogens with one attached hydrogen (secondary N) is 1. The van der Waals surface area contributed by atoms with Crippen LogP contribution in [0.15, 0.2) is 18.2 Å². The van der Waals surface area contributed by atoms with Crippen molar-refractivity contribution in [2.45, 2.75) is 6.92 Å². The van der Waals surface area contributed by atoms with E-state index in [4.69, 9.17) is 10.5 Å². The first-order valence-corrected chi connectivity index (χ1v) is 4.10. The summed E-state index contributed by atoms with van der Waals surface area (Å²) < 4.78 is 4.20. The van der Waals surface area contributed by atoms with Crippen molar-refractivity contribution in [3.8, 4) is 0 Å². The molecular formula is C10H9NO4. The van der Waals surface area contributed by atoms with E-state index in [0.29, 0.717) is 23.0 Å². The molecule has 0 saturated heterocycles. The Hall–Kier alpha value is -2.17. The lowest BCUT2D eigenvalue weighted by molar-refractivity contribution is 0.112. The first kappa shape index (κ1) is 10.9. The number of aryl methyl sites for hydroxylation is 1. The molecular weight excluding hydrogens is 198 g/mol. The second kappa shape index (κ2) is 4.36. The number of carboxylic acid groups (broad SMARTS) is 1. The summed E-state index contributed by atoms with van der Waals surface area (Å²) in [6.45, 7) is 1.67. The van der Waals surface area contributed by atoms with E-state index in [-0.39, 0.29) is 0 Å². The molecule has 0 aromatic heterocycles. The Morgan fingerprint density at radius 3 is 2.67 bits per heavy atom.